The standard InChI is InChI=1S/C14H30S2/c1-2-3-4-5-6-7-8-9-10-14(13-16)11-12-15/h14-16H,2-13H2,1H3. The summed E-state index contributed by atoms with van der Waals surface area (Å²) in [7, 11) is 0. The summed E-state index contributed by atoms with van der Waals surface area (Å²) in [6.45, 7) is 2.28. The Morgan fingerprint density at radius 1 is 0.750 bits per heavy atom. The summed E-state index contributed by atoms with van der Waals surface area (Å²) in [5.74, 6) is 2.86. The molecule has 2 heteroatoms. The van der Waals surface area contributed by atoms with Crippen molar-refractivity contribution >= 4 is 25.3 Å². The minimum absolute atomic E-state index is 0.806. The van der Waals surface area contributed by atoms with Crippen molar-refractivity contribution in [2.75, 3.05) is 11.5 Å². The van der Waals surface area contributed by atoms with Crippen LogP contribution in [0.2, 0.25) is 0 Å². The monoisotopic (exact) mass is 262 g/mol. The van der Waals surface area contributed by atoms with E-state index in [4.69, 9.17) is 0 Å². The van der Waals surface area contributed by atoms with Gasteiger partial charge in [0, 0.05) is 0 Å². The Bertz CT molecular complexity index is 126. The number of unbranched alkanes of at least 4 members (excludes halogenated alkanes) is 7. The van der Waals surface area contributed by atoms with Gasteiger partial charge in [-0.1, -0.05) is 58.3 Å². The Kier molecular flexibility index (Phi) is 14.4. The smallest absolute Gasteiger partial charge is 0.00692 e. The average molecular weight is 263 g/mol. The van der Waals surface area contributed by atoms with Crippen LogP contribution in [0, 0.1) is 5.92 Å². The third kappa shape index (κ3) is 11.2. The van der Waals surface area contributed by atoms with Crippen molar-refractivity contribution in [3.05, 3.63) is 0 Å². The molecule has 0 N–H and O–H groups in total. The van der Waals surface area contributed by atoms with Crippen LogP contribution in [-0.4, -0.2) is 11.5 Å². The molecule has 0 spiro atoms. The van der Waals surface area contributed by atoms with E-state index in [1.807, 2.05) is 0 Å². The molecule has 0 heterocycles. The Morgan fingerprint density at radius 3 is 1.81 bits per heavy atom. The first-order chi connectivity index (χ1) is 7.85. The van der Waals surface area contributed by atoms with Crippen molar-refractivity contribution in [2.24, 2.45) is 5.92 Å². The highest BCUT2D eigenvalue weighted by atomic mass is 32.1. The molecule has 0 amide bonds. The zero-order chi connectivity index (χ0) is 12.1. The lowest BCUT2D eigenvalue weighted by atomic mass is 9.99. The largest absolute Gasteiger partial charge is 0.179 e. The van der Waals surface area contributed by atoms with Crippen molar-refractivity contribution in [3.8, 4) is 0 Å². The van der Waals surface area contributed by atoms with Crippen molar-refractivity contribution in [1.82, 2.24) is 0 Å². The van der Waals surface area contributed by atoms with Crippen LogP contribution in [0.4, 0.5) is 0 Å². The molecule has 1 atom stereocenters. The van der Waals surface area contributed by atoms with Gasteiger partial charge in [-0.05, 0) is 30.3 Å². The molecular formula is C14H30S2. The third-order valence-corrected chi connectivity index (χ3v) is 4.04. The number of thiol groups is 2. The van der Waals surface area contributed by atoms with Gasteiger partial charge in [0.1, 0.15) is 0 Å². The third-order valence-electron chi connectivity index (χ3n) is 3.26. The van der Waals surface area contributed by atoms with Crippen LogP contribution in [0.1, 0.15) is 71.1 Å². The van der Waals surface area contributed by atoms with Gasteiger partial charge in [-0.25, -0.2) is 0 Å². The Morgan fingerprint density at radius 2 is 1.31 bits per heavy atom. The van der Waals surface area contributed by atoms with Crippen LogP contribution >= 0.6 is 25.3 Å². The van der Waals surface area contributed by atoms with E-state index in [2.05, 4.69) is 32.2 Å². The van der Waals surface area contributed by atoms with E-state index in [1.165, 1.54) is 64.2 Å². The minimum atomic E-state index is 0.806. The molecule has 0 saturated carbocycles. The molecule has 0 saturated heterocycles. The molecule has 0 nitrogen and oxygen atoms in total. The van der Waals surface area contributed by atoms with E-state index in [9.17, 15) is 0 Å². The van der Waals surface area contributed by atoms with E-state index in [-0.39, 0.29) is 0 Å². The summed E-state index contributed by atoms with van der Waals surface area (Å²) >= 11 is 8.69. The molecule has 1 unspecified atom stereocenters. The lowest BCUT2D eigenvalue weighted by molar-refractivity contribution is 0.479. The predicted molar refractivity (Wildman–Crippen MR) is 83.0 cm³/mol. The normalized spacial score (nSPS) is 12.9. The fraction of sp³-hybridized carbons (Fsp3) is 1.00. The second-order valence-electron chi connectivity index (χ2n) is 4.82. The molecule has 0 aromatic carbocycles. The molecule has 0 aromatic rings. The molecule has 0 rings (SSSR count). The Labute approximate surface area is 114 Å². The zero-order valence-corrected chi connectivity index (χ0v) is 12.7. The first-order valence-corrected chi connectivity index (χ1v) is 8.33. The molecule has 0 fully saturated rings. The summed E-state index contributed by atoms with van der Waals surface area (Å²) < 4.78 is 0. The average Bonchev–Trinajstić information content (AvgIpc) is 2.31. The second kappa shape index (κ2) is 13.8. The Balaban J connectivity index is 3.12. The fourth-order valence-corrected chi connectivity index (χ4v) is 2.81. The van der Waals surface area contributed by atoms with Gasteiger partial charge in [0.15, 0.2) is 0 Å². The van der Waals surface area contributed by atoms with Gasteiger partial charge < -0.3 is 0 Å². The Hall–Kier alpha value is 0.700. The van der Waals surface area contributed by atoms with Crippen LogP contribution in [0.3, 0.4) is 0 Å². The van der Waals surface area contributed by atoms with Crippen LogP contribution in [-0.2, 0) is 0 Å². The molecule has 0 aromatic heterocycles. The highest BCUT2D eigenvalue weighted by Crippen LogP contribution is 2.17. The van der Waals surface area contributed by atoms with Gasteiger partial charge in [-0.3, -0.25) is 0 Å². The van der Waals surface area contributed by atoms with Gasteiger partial charge in [-0.15, -0.1) is 0 Å². The summed E-state index contributed by atoms with van der Waals surface area (Å²) in [5, 5.41) is 0. The van der Waals surface area contributed by atoms with Crippen LogP contribution in [0.5, 0.6) is 0 Å². The lowest BCUT2D eigenvalue weighted by Gasteiger charge is -2.12. The minimum Gasteiger partial charge on any atom is -0.179 e. The molecule has 0 radical (unpaired) electrons. The maximum Gasteiger partial charge on any atom is -0.00692 e. The first kappa shape index (κ1) is 16.7. The fourth-order valence-electron chi connectivity index (χ4n) is 2.08. The molecule has 0 aliphatic rings. The van der Waals surface area contributed by atoms with Gasteiger partial charge in [-0.2, -0.15) is 25.3 Å². The van der Waals surface area contributed by atoms with E-state index < -0.39 is 0 Å². The molecule has 98 valence electrons. The van der Waals surface area contributed by atoms with Crippen LogP contribution in [0.15, 0.2) is 0 Å². The summed E-state index contributed by atoms with van der Waals surface area (Å²) in [6, 6.07) is 0. The van der Waals surface area contributed by atoms with Gasteiger partial charge in [0.2, 0.25) is 0 Å². The SMILES string of the molecule is CCCCCCCCCCC(CS)CCS. The maximum absolute atomic E-state index is 4.40. The molecule has 16 heavy (non-hydrogen) atoms. The van der Waals surface area contributed by atoms with Gasteiger partial charge >= 0.3 is 0 Å². The van der Waals surface area contributed by atoms with Crippen molar-refractivity contribution < 1.29 is 0 Å². The summed E-state index contributed by atoms with van der Waals surface area (Å²) in [5.41, 5.74) is 0. The molecule has 0 aliphatic heterocycles. The van der Waals surface area contributed by atoms with Gasteiger partial charge in [0.25, 0.3) is 0 Å². The number of hydrogen-bond acceptors (Lipinski definition) is 2. The van der Waals surface area contributed by atoms with Crippen molar-refractivity contribution in [2.45, 2.75) is 71.1 Å². The van der Waals surface area contributed by atoms with E-state index in [0.717, 1.165) is 17.4 Å². The number of rotatable bonds is 12. The van der Waals surface area contributed by atoms with Crippen LogP contribution in [0.25, 0.3) is 0 Å². The highest BCUT2D eigenvalue weighted by molar-refractivity contribution is 7.80. The number of hydrogen-bond donors (Lipinski definition) is 2. The van der Waals surface area contributed by atoms with E-state index >= 15 is 0 Å². The molecule has 0 aliphatic carbocycles. The topological polar surface area (TPSA) is 0 Å². The van der Waals surface area contributed by atoms with E-state index in [0.29, 0.717) is 0 Å². The maximum atomic E-state index is 4.40. The molecule has 0 bridgehead atoms. The van der Waals surface area contributed by atoms with Crippen molar-refractivity contribution in [1.29, 1.82) is 0 Å². The predicted octanol–water partition coefficient (Wildman–Crippen LogP) is 5.38. The van der Waals surface area contributed by atoms with Crippen LogP contribution < -0.4 is 0 Å². The quantitative estimate of drug-likeness (QED) is 0.342. The summed E-state index contributed by atoms with van der Waals surface area (Å²) in [6.07, 6.45) is 14.0. The van der Waals surface area contributed by atoms with Crippen molar-refractivity contribution in [3.63, 3.8) is 0 Å². The lowest BCUT2D eigenvalue weighted by Crippen LogP contribution is -2.03. The highest BCUT2D eigenvalue weighted by Gasteiger charge is 2.04. The first-order valence-electron chi connectivity index (χ1n) is 7.06. The summed E-state index contributed by atoms with van der Waals surface area (Å²) in [4.78, 5) is 0. The van der Waals surface area contributed by atoms with Gasteiger partial charge in [0.05, 0.1) is 0 Å². The zero-order valence-electron chi connectivity index (χ0n) is 11.0. The second-order valence-corrected chi connectivity index (χ2v) is 5.64. The van der Waals surface area contributed by atoms with E-state index in [1.54, 1.807) is 0 Å². The molecular weight excluding hydrogens is 232 g/mol.